The van der Waals surface area contributed by atoms with Crippen molar-refractivity contribution in [3.63, 3.8) is 0 Å². The maximum atomic E-state index is 13.6. The van der Waals surface area contributed by atoms with E-state index >= 15 is 0 Å². The summed E-state index contributed by atoms with van der Waals surface area (Å²) in [6.07, 6.45) is 0.848. The van der Waals surface area contributed by atoms with Gasteiger partial charge in [-0.15, -0.1) is 0 Å². The molecule has 0 fully saturated rings. The highest BCUT2D eigenvalue weighted by Crippen LogP contribution is 2.18. The number of hydrogen-bond donors (Lipinski definition) is 2. The molecule has 6 heteroatoms. The van der Waals surface area contributed by atoms with Gasteiger partial charge in [0, 0.05) is 31.7 Å². The number of halogens is 2. The summed E-state index contributed by atoms with van der Waals surface area (Å²) in [6, 6.07) is 1.28. The lowest BCUT2D eigenvalue weighted by Gasteiger charge is -2.21. The normalized spacial score (nSPS) is 11.2. The predicted octanol–water partition coefficient (Wildman–Crippen LogP) is 2.93. The minimum atomic E-state index is -0.670. The van der Waals surface area contributed by atoms with Gasteiger partial charge in [-0.25, -0.2) is 13.8 Å². The Bertz CT molecular complexity index is 424. The van der Waals surface area contributed by atoms with Crippen LogP contribution in [0, 0.1) is 11.6 Å². The van der Waals surface area contributed by atoms with Gasteiger partial charge in [0.2, 0.25) is 0 Å². The van der Waals surface area contributed by atoms with E-state index in [1.165, 1.54) is 0 Å². The van der Waals surface area contributed by atoms with E-state index < -0.39 is 11.6 Å². The van der Waals surface area contributed by atoms with Crippen LogP contribution in [0.1, 0.15) is 27.2 Å². The maximum Gasteiger partial charge on any atom is 0.168 e. The Morgan fingerprint density at radius 2 is 1.70 bits per heavy atom. The molecule has 0 aliphatic rings. The second kappa shape index (κ2) is 7.99. The van der Waals surface area contributed by atoms with Gasteiger partial charge in [-0.05, 0) is 27.3 Å². The molecule has 0 amide bonds. The number of pyridine rings is 1. The summed E-state index contributed by atoms with van der Waals surface area (Å²) in [5.74, 6) is -1.16. The van der Waals surface area contributed by atoms with Crippen molar-refractivity contribution in [2.75, 3.05) is 37.3 Å². The highest BCUT2D eigenvalue weighted by atomic mass is 19.1. The summed E-state index contributed by atoms with van der Waals surface area (Å²) in [7, 11) is 2.00. The van der Waals surface area contributed by atoms with E-state index in [1.54, 1.807) is 0 Å². The third kappa shape index (κ3) is 4.92. The first-order chi connectivity index (χ1) is 9.45. The molecule has 0 aliphatic heterocycles. The molecular formula is C14H24F2N4. The first kappa shape index (κ1) is 16.6. The smallest absolute Gasteiger partial charge is 0.168 e. The van der Waals surface area contributed by atoms with Gasteiger partial charge in [-0.1, -0.05) is 6.92 Å². The molecule has 4 nitrogen and oxygen atoms in total. The van der Waals surface area contributed by atoms with Gasteiger partial charge < -0.3 is 15.5 Å². The molecule has 2 N–H and O–H groups in total. The first-order valence-corrected chi connectivity index (χ1v) is 6.99. The van der Waals surface area contributed by atoms with Gasteiger partial charge in [0.05, 0.1) is 0 Å². The molecule has 1 aromatic heterocycles. The van der Waals surface area contributed by atoms with Crippen LogP contribution in [0.5, 0.6) is 0 Å². The number of anilines is 2. The highest BCUT2D eigenvalue weighted by molar-refractivity contribution is 5.47. The summed E-state index contributed by atoms with van der Waals surface area (Å²) in [5, 5.41) is 5.75. The zero-order valence-corrected chi connectivity index (χ0v) is 12.6. The quantitative estimate of drug-likeness (QED) is 0.771. The lowest BCUT2D eigenvalue weighted by atomic mass is 10.3. The average molecular weight is 286 g/mol. The van der Waals surface area contributed by atoms with Gasteiger partial charge in [-0.2, -0.15) is 0 Å². The number of likely N-dealkylation sites (N-methyl/N-ethyl adjacent to an activating group) is 1. The molecule has 0 bridgehead atoms. The van der Waals surface area contributed by atoms with Crippen molar-refractivity contribution in [2.45, 2.75) is 33.2 Å². The molecule has 0 unspecified atom stereocenters. The number of aromatic nitrogens is 1. The van der Waals surface area contributed by atoms with Gasteiger partial charge in [0.1, 0.15) is 0 Å². The standard InChI is InChI=1S/C14H24F2N4/c1-5-6-17-13-11(15)9-12(16)14(19-13)18-7-8-20(4)10(2)3/h9-10H,5-8H2,1-4H3,(H2,17,18,19). The van der Waals surface area contributed by atoms with Crippen LogP contribution in [0.3, 0.4) is 0 Å². The molecule has 0 aromatic carbocycles. The maximum absolute atomic E-state index is 13.6. The second-order valence-corrected chi connectivity index (χ2v) is 5.08. The van der Waals surface area contributed by atoms with E-state index in [4.69, 9.17) is 0 Å². The van der Waals surface area contributed by atoms with Gasteiger partial charge >= 0.3 is 0 Å². The predicted molar refractivity (Wildman–Crippen MR) is 79.2 cm³/mol. The molecule has 0 aliphatic carbocycles. The third-order valence-electron chi connectivity index (χ3n) is 3.11. The minimum absolute atomic E-state index is 0.0853. The van der Waals surface area contributed by atoms with Crippen molar-refractivity contribution >= 4 is 11.6 Å². The molecule has 0 saturated carbocycles. The Morgan fingerprint density at radius 3 is 2.20 bits per heavy atom. The summed E-state index contributed by atoms with van der Waals surface area (Å²) < 4.78 is 27.1. The zero-order valence-electron chi connectivity index (χ0n) is 12.6. The lowest BCUT2D eigenvalue weighted by Crippen LogP contribution is -2.31. The van der Waals surface area contributed by atoms with E-state index in [2.05, 4.69) is 34.4 Å². The van der Waals surface area contributed by atoms with Crippen LogP contribution in [-0.4, -0.2) is 42.6 Å². The van der Waals surface area contributed by atoms with Crippen LogP contribution in [0.2, 0.25) is 0 Å². The molecule has 1 heterocycles. The molecule has 1 aromatic rings. The number of hydrogen-bond acceptors (Lipinski definition) is 4. The van der Waals surface area contributed by atoms with Gasteiger partial charge in [0.15, 0.2) is 23.3 Å². The van der Waals surface area contributed by atoms with E-state index in [0.29, 0.717) is 19.1 Å². The van der Waals surface area contributed by atoms with Crippen molar-refractivity contribution in [1.82, 2.24) is 9.88 Å². The molecule has 0 spiro atoms. The Labute approximate surface area is 119 Å². The van der Waals surface area contributed by atoms with Crippen molar-refractivity contribution < 1.29 is 8.78 Å². The van der Waals surface area contributed by atoms with Crippen LogP contribution in [-0.2, 0) is 0 Å². The van der Waals surface area contributed by atoms with Crippen LogP contribution in [0.15, 0.2) is 6.07 Å². The molecular weight excluding hydrogens is 262 g/mol. The lowest BCUT2D eigenvalue weighted by molar-refractivity contribution is 0.284. The summed E-state index contributed by atoms with van der Waals surface area (Å²) in [5.41, 5.74) is 0. The van der Waals surface area contributed by atoms with Crippen molar-refractivity contribution in [2.24, 2.45) is 0 Å². The minimum Gasteiger partial charge on any atom is -0.368 e. The SMILES string of the molecule is CCCNc1nc(NCCN(C)C(C)C)c(F)cc1F. The van der Waals surface area contributed by atoms with Crippen molar-refractivity contribution in [3.8, 4) is 0 Å². The molecule has 0 atom stereocenters. The van der Waals surface area contributed by atoms with E-state index in [9.17, 15) is 8.78 Å². The number of nitrogens with zero attached hydrogens (tertiary/aromatic N) is 2. The van der Waals surface area contributed by atoms with Crippen molar-refractivity contribution in [3.05, 3.63) is 17.7 Å². The fourth-order valence-corrected chi connectivity index (χ4v) is 1.57. The summed E-state index contributed by atoms with van der Waals surface area (Å²) in [4.78, 5) is 6.09. The second-order valence-electron chi connectivity index (χ2n) is 5.08. The Morgan fingerprint density at radius 1 is 1.15 bits per heavy atom. The van der Waals surface area contributed by atoms with Crippen LogP contribution in [0.25, 0.3) is 0 Å². The molecule has 0 saturated heterocycles. The largest absolute Gasteiger partial charge is 0.368 e. The molecule has 0 radical (unpaired) electrons. The Kier molecular flexibility index (Phi) is 6.64. The monoisotopic (exact) mass is 286 g/mol. The molecule has 114 valence electrons. The van der Waals surface area contributed by atoms with Gasteiger partial charge in [0.25, 0.3) is 0 Å². The van der Waals surface area contributed by atoms with E-state index in [1.807, 2.05) is 14.0 Å². The third-order valence-corrected chi connectivity index (χ3v) is 3.11. The van der Waals surface area contributed by atoms with E-state index in [0.717, 1.165) is 19.0 Å². The first-order valence-electron chi connectivity index (χ1n) is 6.99. The van der Waals surface area contributed by atoms with Gasteiger partial charge in [-0.3, -0.25) is 0 Å². The highest BCUT2D eigenvalue weighted by Gasteiger charge is 2.11. The fourth-order valence-electron chi connectivity index (χ4n) is 1.57. The van der Waals surface area contributed by atoms with E-state index in [-0.39, 0.29) is 11.6 Å². The van der Waals surface area contributed by atoms with Crippen LogP contribution < -0.4 is 10.6 Å². The topological polar surface area (TPSA) is 40.2 Å². The molecule has 20 heavy (non-hydrogen) atoms. The number of rotatable bonds is 8. The average Bonchev–Trinajstić information content (AvgIpc) is 2.39. The fraction of sp³-hybridized carbons (Fsp3) is 0.643. The van der Waals surface area contributed by atoms with Crippen LogP contribution in [0.4, 0.5) is 20.4 Å². The van der Waals surface area contributed by atoms with Crippen molar-refractivity contribution in [1.29, 1.82) is 0 Å². The summed E-state index contributed by atoms with van der Waals surface area (Å²) in [6.45, 7) is 8.05. The summed E-state index contributed by atoms with van der Waals surface area (Å²) >= 11 is 0. The zero-order chi connectivity index (χ0) is 15.1. The van der Waals surface area contributed by atoms with Crippen LogP contribution >= 0.6 is 0 Å². The number of nitrogens with one attached hydrogen (secondary N) is 2. The molecule has 1 rings (SSSR count). The Balaban J connectivity index is 2.64. The Hall–Kier alpha value is -1.43.